The van der Waals surface area contributed by atoms with Crippen molar-refractivity contribution in [3.05, 3.63) is 52.6 Å². The van der Waals surface area contributed by atoms with E-state index in [0.717, 1.165) is 51.0 Å². The van der Waals surface area contributed by atoms with Gasteiger partial charge in [-0.1, -0.05) is 12.1 Å². The van der Waals surface area contributed by atoms with Crippen LogP contribution in [0.1, 0.15) is 31.2 Å². The van der Waals surface area contributed by atoms with Crippen LogP contribution < -0.4 is 22.5 Å². The Kier molecular flexibility index (Phi) is 6.64. The van der Waals surface area contributed by atoms with Crippen LogP contribution in [-0.4, -0.2) is 63.6 Å². The van der Waals surface area contributed by atoms with Crippen LogP contribution in [0.3, 0.4) is 0 Å². The maximum atomic E-state index is 12.5. The van der Waals surface area contributed by atoms with E-state index in [4.69, 9.17) is 11.5 Å². The number of urea groups is 1. The molecule has 9 heteroatoms. The lowest BCUT2D eigenvalue weighted by Gasteiger charge is -2.30. The summed E-state index contributed by atoms with van der Waals surface area (Å²) in [6.45, 7) is 4.09. The summed E-state index contributed by atoms with van der Waals surface area (Å²) < 4.78 is 1.47. The van der Waals surface area contributed by atoms with E-state index in [-0.39, 0.29) is 17.9 Å². The van der Waals surface area contributed by atoms with Gasteiger partial charge in [0.1, 0.15) is 5.82 Å². The molecule has 5 N–H and O–H groups in total. The topological polar surface area (TPSA) is 123 Å². The number of nitrogens with two attached hydrogens (primary N) is 2. The zero-order valence-electron chi connectivity index (χ0n) is 17.7. The predicted octanol–water partition coefficient (Wildman–Crippen LogP) is 1.11. The lowest BCUT2D eigenvalue weighted by atomic mass is 10.1. The van der Waals surface area contributed by atoms with Crippen molar-refractivity contribution in [2.75, 3.05) is 31.5 Å². The molecule has 2 aliphatic heterocycles. The van der Waals surface area contributed by atoms with Gasteiger partial charge < -0.3 is 16.4 Å². The lowest BCUT2D eigenvalue weighted by Crippen LogP contribution is -2.47. The van der Waals surface area contributed by atoms with Crippen molar-refractivity contribution in [3.63, 3.8) is 0 Å². The number of likely N-dealkylation sites (tertiary alicyclic amines) is 2. The zero-order valence-corrected chi connectivity index (χ0v) is 17.7. The maximum absolute atomic E-state index is 12.5. The van der Waals surface area contributed by atoms with Crippen molar-refractivity contribution in [1.82, 2.24) is 19.4 Å². The normalized spacial score (nSPS) is 20.6. The van der Waals surface area contributed by atoms with E-state index >= 15 is 0 Å². The summed E-state index contributed by atoms with van der Waals surface area (Å²) in [6, 6.07) is 9.58. The second-order valence-electron chi connectivity index (χ2n) is 8.52. The Balaban J connectivity index is 1.38. The number of rotatable bonds is 4. The molecule has 2 amide bonds. The molecule has 9 nitrogen and oxygen atoms in total. The molecular weight excluding hydrogens is 394 g/mol. The number of hydrogen-bond acceptors (Lipinski definition) is 6. The molecule has 1 aromatic heterocycles. The van der Waals surface area contributed by atoms with E-state index < -0.39 is 5.69 Å². The van der Waals surface area contributed by atoms with Gasteiger partial charge in [0.15, 0.2) is 0 Å². The Morgan fingerprint density at radius 2 is 1.77 bits per heavy atom. The molecule has 1 aromatic carbocycles. The smallest absolute Gasteiger partial charge is 0.328 e. The van der Waals surface area contributed by atoms with Crippen LogP contribution in [-0.2, 0) is 6.54 Å². The van der Waals surface area contributed by atoms with Gasteiger partial charge in [0, 0.05) is 37.9 Å². The molecular formula is C22H31N7O2. The highest BCUT2D eigenvalue weighted by Gasteiger charge is 2.21. The second-order valence-corrected chi connectivity index (χ2v) is 8.52. The van der Waals surface area contributed by atoms with Crippen molar-refractivity contribution in [1.29, 1.82) is 0 Å². The summed E-state index contributed by atoms with van der Waals surface area (Å²) in [5, 5.41) is 2.70. The highest BCUT2D eigenvalue weighted by molar-refractivity contribution is 5.88. The summed E-state index contributed by atoms with van der Waals surface area (Å²) in [5.41, 5.74) is 13.4. The SMILES string of the molecule is NC1CCN(Cc2ccc(-n3ccc(NC(=O)N4CCC[C@@H](N)C4)nc3=O)cc2)CC1. The second kappa shape index (κ2) is 9.59. The molecule has 0 radical (unpaired) electrons. The molecule has 1 atom stereocenters. The largest absolute Gasteiger partial charge is 0.354 e. The van der Waals surface area contributed by atoms with Crippen LogP contribution in [0, 0.1) is 0 Å². The van der Waals surface area contributed by atoms with Crippen LogP contribution in [0.2, 0.25) is 0 Å². The number of piperidine rings is 2. The van der Waals surface area contributed by atoms with Gasteiger partial charge in [-0.25, -0.2) is 9.59 Å². The average Bonchev–Trinajstić information content (AvgIpc) is 2.76. The summed E-state index contributed by atoms with van der Waals surface area (Å²) in [4.78, 5) is 33.0. The first-order chi connectivity index (χ1) is 15.0. The molecule has 0 aliphatic carbocycles. The number of carbonyl (C=O) groups excluding carboxylic acids is 1. The molecule has 31 heavy (non-hydrogen) atoms. The molecule has 2 fully saturated rings. The minimum atomic E-state index is -0.439. The number of anilines is 1. The van der Waals surface area contributed by atoms with Crippen molar-refractivity contribution < 1.29 is 4.79 Å². The number of amides is 2. The summed E-state index contributed by atoms with van der Waals surface area (Å²) in [6.07, 6.45) is 5.50. The summed E-state index contributed by atoms with van der Waals surface area (Å²) >= 11 is 0. The minimum absolute atomic E-state index is 0.00378. The standard InChI is InChI=1S/C22H31N7O2/c23-17-7-11-27(12-8-17)14-16-3-5-19(6-4-16)29-13-9-20(26-22(29)31)25-21(30)28-10-1-2-18(24)15-28/h3-6,9,13,17-18H,1-2,7-8,10-12,14-15,23-24H2,(H,25,26,30,31)/t18-/m1/s1. The van der Waals surface area contributed by atoms with E-state index in [9.17, 15) is 9.59 Å². The Morgan fingerprint density at radius 3 is 2.45 bits per heavy atom. The van der Waals surface area contributed by atoms with Gasteiger partial charge in [-0.3, -0.25) is 14.8 Å². The van der Waals surface area contributed by atoms with Crippen LogP contribution in [0.25, 0.3) is 5.69 Å². The molecule has 0 bridgehead atoms. The number of benzene rings is 1. The van der Waals surface area contributed by atoms with Crippen molar-refractivity contribution in [3.8, 4) is 5.69 Å². The van der Waals surface area contributed by atoms with Crippen molar-refractivity contribution >= 4 is 11.8 Å². The number of aromatic nitrogens is 2. The van der Waals surface area contributed by atoms with E-state index in [1.54, 1.807) is 17.2 Å². The Bertz CT molecular complexity index is 951. The van der Waals surface area contributed by atoms with E-state index in [1.165, 1.54) is 10.1 Å². The predicted molar refractivity (Wildman–Crippen MR) is 120 cm³/mol. The number of nitrogens with zero attached hydrogens (tertiary/aromatic N) is 4. The van der Waals surface area contributed by atoms with E-state index in [2.05, 4.69) is 15.2 Å². The molecule has 4 rings (SSSR count). The highest BCUT2D eigenvalue weighted by Crippen LogP contribution is 2.15. The molecule has 3 heterocycles. The van der Waals surface area contributed by atoms with Gasteiger partial charge in [-0.05, 0) is 62.5 Å². The molecule has 2 aromatic rings. The monoisotopic (exact) mass is 425 g/mol. The van der Waals surface area contributed by atoms with Crippen LogP contribution >= 0.6 is 0 Å². The highest BCUT2D eigenvalue weighted by atomic mass is 16.2. The Hall–Kier alpha value is -2.75. The molecule has 166 valence electrons. The third kappa shape index (κ3) is 5.49. The third-order valence-electron chi connectivity index (χ3n) is 6.04. The molecule has 2 saturated heterocycles. The molecule has 0 spiro atoms. The fourth-order valence-electron chi connectivity index (χ4n) is 4.18. The van der Waals surface area contributed by atoms with Gasteiger partial charge in [0.05, 0.1) is 5.69 Å². The number of carbonyl (C=O) groups is 1. The molecule has 0 saturated carbocycles. The quantitative estimate of drug-likeness (QED) is 0.674. The van der Waals surface area contributed by atoms with Gasteiger partial charge in [-0.2, -0.15) is 4.98 Å². The Morgan fingerprint density at radius 1 is 1.03 bits per heavy atom. The molecule has 0 unspecified atom stereocenters. The zero-order chi connectivity index (χ0) is 21.8. The van der Waals surface area contributed by atoms with Crippen LogP contribution in [0.5, 0.6) is 0 Å². The lowest BCUT2D eigenvalue weighted by molar-refractivity contribution is 0.193. The summed E-state index contributed by atoms with van der Waals surface area (Å²) in [5.74, 6) is 0.241. The van der Waals surface area contributed by atoms with Crippen LogP contribution in [0.4, 0.5) is 10.6 Å². The van der Waals surface area contributed by atoms with Crippen molar-refractivity contribution in [2.24, 2.45) is 11.5 Å². The first kappa shape index (κ1) is 21.5. The number of hydrogen-bond donors (Lipinski definition) is 3. The average molecular weight is 426 g/mol. The molecule has 2 aliphatic rings. The van der Waals surface area contributed by atoms with Gasteiger partial charge >= 0.3 is 11.7 Å². The Labute approximate surface area is 182 Å². The fourth-order valence-corrected chi connectivity index (χ4v) is 4.18. The van der Waals surface area contributed by atoms with Gasteiger partial charge in [0.2, 0.25) is 0 Å². The maximum Gasteiger partial charge on any atom is 0.354 e. The third-order valence-corrected chi connectivity index (χ3v) is 6.04. The van der Waals surface area contributed by atoms with Crippen LogP contribution in [0.15, 0.2) is 41.3 Å². The van der Waals surface area contributed by atoms with E-state index in [1.807, 2.05) is 24.3 Å². The fraction of sp³-hybridized carbons (Fsp3) is 0.500. The van der Waals surface area contributed by atoms with Gasteiger partial charge in [0.25, 0.3) is 0 Å². The summed E-state index contributed by atoms with van der Waals surface area (Å²) in [7, 11) is 0. The first-order valence-electron chi connectivity index (χ1n) is 11.0. The first-order valence-corrected chi connectivity index (χ1v) is 11.0. The van der Waals surface area contributed by atoms with E-state index in [0.29, 0.717) is 19.1 Å². The minimum Gasteiger partial charge on any atom is -0.328 e. The van der Waals surface area contributed by atoms with Gasteiger partial charge in [-0.15, -0.1) is 0 Å². The van der Waals surface area contributed by atoms with Crippen molar-refractivity contribution in [2.45, 2.75) is 44.3 Å². The number of nitrogens with one attached hydrogen (secondary N) is 1.